The van der Waals surface area contributed by atoms with Crippen LogP contribution in [0.5, 0.6) is 5.75 Å². The van der Waals surface area contributed by atoms with Crippen molar-refractivity contribution in [3.8, 4) is 17.0 Å². The molecule has 1 saturated heterocycles. The average Bonchev–Trinajstić information content (AvgIpc) is 3.45. The molecule has 1 amide bonds. The van der Waals surface area contributed by atoms with Gasteiger partial charge in [-0.3, -0.25) is 14.8 Å². The van der Waals surface area contributed by atoms with Crippen LogP contribution in [0.2, 0.25) is 0 Å². The number of rotatable bonds is 10. The molecule has 0 aliphatic carbocycles. The summed E-state index contributed by atoms with van der Waals surface area (Å²) in [4.78, 5) is 18.0. The number of amides is 1. The lowest BCUT2D eigenvalue weighted by atomic mass is 9.96. The number of hydrogen-bond acceptors (Lipinski definition) is 5. The number of aromatic amines is 1. The van der Waals surface area contributed by atoms with Gasteiger partial charge in [0.2, 0.25) is 0 Å². The number of aromatic nitrogens is 2. The fourth-order valence-corrected chi connectivity index (χ4v) is 4.96. The van der Waals surface area contributed by atoms with E-state index in [9.17, 15) is 4.79 Å². The van der Waals surface area contributed by atoms with Crippen LogP contribution in [0, 0.1) is 0 Å². The molecule has 1 unspecified atom stereocenters. The molecule has 0 bridgehead atoms. The molecule has 7 nitrogen and oxygen atoms in total. The van der Waals surface area contributed by atoms with Gasteiger partial charge < -0.3 is 14.4 Å². The maximum atomic E-state index is 13.5. The van der Waals surface area contributed by atoms with Crippen molar-refractivity contribution in [2.24, 2.45) is 0 Å². The van der Waals surface area contributed by atoms with Gasteiger partial charge in [-0.15, -0.1) is 0 Å². The molecule has 1 N–H and O–H groups in total. The average molecular weight is 475 g/mol. The number of carbonyl (C=O) groups is 1. The zero-order valence-corrected chi connectivity index (χ0v) is 20.4. The van der Waals surface area contributed by atoms with Crippen LogP contribution in [-0.4, -0.2) is 71.9 Å². The predicted octanol–water partition coefficient (Wildman–Crippen LogP) is 4.52. The standard InChI is InChI=1S/C28H34N4O3/c1-2-3-18-35-23-12-10-22(11-13-23)27-24-25(21-8-5-4-6-9-21)29-30-26(24)28(33)32(27)15-7-14-31-16-19-34-20-17-31/h4-6,8-13,27H,2-3,7,14-20H2,1H3,(H,29,30). The minimum Gasteiger partial charge on any atom is -0.494 e. The van der Waals surface area contributed by atoms with Crippen molar-refractivity contribution in [3.05, 3.63) is 71.4 Å². The lowest BCUT2D eigenvalue weighted by Crippen LogP contribution is -2.38. The fourth-order valence-electron chi connectivity index (χ4n) is 4.96. The van der Waals surface area contributed by atoms with Crippen LogP contribution in [0.25, 0.3) is 11.3 Å². The van der Waals surface area contributed by atoms with Gasteiger partial charge in [-0.05, 0) is 30.5 Å². The Morgan fingerprint density at radius 3 is 2.54 bits per heavy atom. The van der Waals surface area contributed by atoms with Gasteiger partial charge in [-0.2, -0.15) is 5.10 Å². The number of unbranched alkanes of at least 4 members (excludes halogenated alkanes) is 1. The highest BCUT2D eigenvalue weighted by atomic mass is 16.5. The van der Waals surface area contributed by atoms with Crippen molar-refractivity contribution >= 4 is 5.91 Å². The van der Waals surface area contributed by atoms with Gasteiger partial charge in [0.15, 0.2) is 0 Å². The Balaban J connectivity index is 1.42. The van der Waals surface area contributed by atoms with Crippen LogP contribution < -0.4 is 4.74 Å². The monoisotopic (exact) mass is 474 g/mol. The second-order valence-corrected chi connectivity index (χ2v) is 9.21. The number of ether oxygens (including phenoxy) is 2. The Labute approximate surface area is 207 Å². The van der Waals surface area contributed by atoms with Crippen molar-refractivity contribution in [2.75, 3.05) is 46.0 Å². The van der Waals surface area contributed by atoms with Crippen molar-refractivity contribution < 1.29 is 14.3 Å². The van der Waals surface area contributed by atoms with E-state index in [1.165, 1.54) is 0 Å². The Morgan fingerprint density at radius 2 is 1.80 bits per heavy atom. The van der Waals surface area contributed by atoms with Crippen LogP contribution in [0.1, 0.15) is 53.8 Å². The molecule has 35 heavy (non-hydrogen) atoms. The van der Waals surface area contributed by atoms with Gasteiger partial charge in [-0.25, -0.2) is 0 Å². The van der Waals surface area contributed by atoms with Crippen LogP contribution in [0.15, 0.2) is 54.6 Å². The van der Waals surface area contributed by atoms with Gasteiger partial charge in [-0.1, -0.05) is 55.8 Å². The van der Waals surface area contributed by atoms with Crippen molar-refractivity contribution in [2.45, 2.75) is 32.2 Å². The van der Waals surface area contributed by atoms with E-state index in [-0.39, 0.29) is 11.9 Å². The number of nitrogens with zero attached hydrogens (tertiary/aromatic N) is 3. The molecule has 0 spiro atoms. The number of carbonyl (C=O) groups excluding carboxylic acids is 1. The zero-order valence-electron chi connectivity index (χ0n) is 20.4. The second-order valence-electron chi connectivity index (χ2n) is 9.21. The minimum absolute atomic E-state index is 0.0185. The third-order valence-electron chi connectivity index (χ3n) is 6.85. The maximum Gasteiger partial charge on any atom is 0.273 e. The second kappa shape index (κ2) is 11.1. The van der Waals surface area contributed by atoms with Crippen molar-refractivity contribution in [3.63, 3.8) is 0 Å². The van der Waals surface area contributed by atoms with E-state index >= 15 is 0 Å². The van der Waals surface area contributed by atoms with Crippen LogP contribution in [-0.2, 0) is 4.74 Å². The summed E-state index contributed by atoms with van der Waals surface area (Å²) in [6.07, 6.45) is 3.06. The number of benzene rings is 2. The van der Waals surface area contributed by atoms with Gasteiger partial charge in [0.25, 0.3) is 5.91 Å². The summed E-state index contributed by atoms with van der Waals surface area (Å²) in [5.41, 5.74) is 4.50. The lowest BCUT2D eigenvalue weighted by molar-refractivity contribution is 0.0354. The number of H-pyrrole nitrogens is 1. The highest BCUT2D eigenvalue weighted by molar-refractivity contribution is 6.00. The first-order valence-electron chi connectivity index (χ1n) is 12.7. The van der Waals surface area contributed by atoms with Gasteiger partial charge in [0.1, 0.15) is 11.4 Å². The highest BCUT2D eigenvalue weighted by Crippen LogP contribution is 2.43. The SMILES string of the molecule is CCCCOc1ccc(C2c3c(-c4ccccc4)n[nH]c3C(=O)N2CCCN2CCOCC2)cc1. The lowest BCUT2D eigenvalue weighted by Gasteiger charge is -2.29. The largest absolute Gasteiger partial charge is 0.494 e. The van der Waals surface area contributed by atoms with Crippen LogP contribution in [0.4, 0.5) is 0 Å². The number of nitrogens with one attached hydrogen (secondary N) is 1. The summed E-state index contributed by atoms with van der Waals surface area (Å²) >= 11 is 0. The third kappa shape index (κ3) is 5.11. The highest BCUT2D eigenvalue weighted by Gasteiger charge is 2.41. The predicted molar refractivity (Wildman–Crippen MR) is 136 cm³/mol. The Morgan fingerprint density at radius 1 is 1.03 bits per heavy atom. The van der Waals surface area contributed by atoms with E-state index in [0.29, 0.717) is 12.2 Å². The smallest absolute Gasteiger partial charge is 0.273 e. The van der Waals surface area contributed by atoms with Crippen LogP contribution >= 0.6 is 0 Å². The molecular formula is C28H34N4O3. The van der Waals surface area contributed by atoms with E-state index in [1.54, 1.807) is 0 Å². The molecule has 2 aromatic carbocycles. The molecule has 7 heteroatoms. The minimum atomic E-state index is -0.180. The number of fused-ring (bicyclic) bond motifs is 1. The topological polar surface area (TPSA) is 70.7 Å². The summed E-state index contributed by atoms with van der Waals surface area (Å²) in [5, 5.41) is 7.63. The van der Waals surface area contributed by atoms with Gasteiger partial charge >= 0.3 is 0 Å². The van der Waals surface area contributed by atoms with E-state index in [2.05, 4.69) is 34.2 Å². The maximum absolute atomic E-state index is 13.5. The molecule has 3 aromatic rings. The summed E-state index contributed by atoms with van der Waals surface area (Å²) in [6, 6.07) is 18.1. The fraction of sp³-hybridized carbons (Fsp3) is 0.429. The number of morpholine rings is 1. The Kier molecular flexibility index (Phi) is 7.45. The van der Waals surface area contributed by atoms with Gasteiger partial charge in [0.05, 0.1) is 31.6 Å². The van der Waals surface area contributed by atoms with Crippen LogP contribution in [0.3, 0.4) is 0 Å². The molecule has 0 radical (unpaired) electrons. The molecule has 3 heterocycles. The molecule has 5 rings (SSSR count). The molecule has 184 valence electrons. The molecule has 1 fully saturated rings. The van der Waals surface area contributed by atoms with Crippen molar-refractivity contribution in [1.82, 2.24) is 20.0 Å². The summed E-state index contributed by atoms with van der Waals surface area (Å²) in [7, 11) is 0. The first-order valence-corrected chi connectivity index (χ1v) is 12.7. The molecular weight excluding hydrogens is 440 g/mol. The molecule has 0 saturated carbocycles. The van der Waals surface area contributed by atoms with Gasteiger partial charge in [0, 0.05) is 37.3 Å². The molecule has 2 aliphatic rings. The van der Waals surface area contributed by atoms with E-state index in [1.807, 2.05) is 47.4 Å². The quantitative estimate of drug-likeness (QED) is 0.438. The first kappa shape index (κ1) is 23.6. The van der Waals surface area contributed by atoms with E-state index in [0.717, 1.165) is 86.9 Å². The van der Waals surface area contributed by atoms with E-state index in [4.69, 9.17) is 9.47 Å². The third-order valence-corrected chi connectivity index (χ3v) is 6.85. The number of hydrogen-bond donors (Lipinski definition) is 1. The summed E-state index contributed by atoms with van der Waals surface area (Å²) in [5.74, 6) is 0.881. The molecule has 1 atom stereocenters. The first-order chi connectivity index (χ1) is 17.3. The Bertz CT molecular complexity index is 1110. The molecule has 1 aromatic heterocycles. The summed E-state index contributed by atoms with van der Waals surface area (Å²) in [6.45, 7) is 8.01. The van der Waals surface area contributed by atoms with Crippen molar-refractivity contribution in [1.29, 1.82) is 0 Å². The Hall–Kier alpha value is -3.16. The van der Waals surface area contributed by atoms with E-state index < -0.39 is 0 Å². The zero-order chi connectivity index (χ0) is 24.0. The summed E-state index contributed by atoms with van der Waals surface area (Å²) < 4.78 is 11.3. The normalized spacial score (nSPS) is 18.1. The molecule has 2 aliphatic heterocycles.